The van der Waals surface area contributed by atoms with Gasteiger partial charge in [0.15, 0.2) is 10.8 Å². The van der Waals surface area contributed by atoms with Crippen LogP contribution in [0.5, 0.6) is 0 Å². The molecule has 3 aliphatic rings. The van der Waals surface area contributed by atoms with Crippen molar-refractivity contribution in [1.82, 2.24) is 15.2 Å². The molecular formula is C16H17N5O6S3. The summed E-state index contributed by atoms with van der Waals surface area (Å²) in [6.07, 6.45) is 0.826. The van der Waals surface area contributed by atoms with Crippen molar-refractivity contribution < 1.29 is 29.4 Å². The molecule has 3 atom stereocenters. The zero-order chi connectivity index (χ0) is 21.4. The zero-order valence-corrected chi connectivity index (χ0v) is 17.8. The third kappa shape index (κ3) is 3.75. The summed E-state index contributed by atoms with van der Waals surface area (Å²) in [6.45, 7) is 1.19. The molecule has 0 aromatic carbocycles. The molecule has 0 radical (unpaired) electrons. The fourth-order valence-corrected chi connectivity index (χ4v) is 6.60. The number of fused-ring (bicyclic) bond motifs is 1. The molecule has 4 heterocycles. The molecule has 2 fully saturated rings. The van der Waals surface area contributed by atoms with E-state index in [1.807, 2.05) is 0 Å². The molecule has 1 aromatic rings. The first kappa shape index (κ1) is 21.0. The lowest BCUT2D eigenvalue weighted by atomic mass is 10.0. The maximum atomic E-state index is 12.7. The minimum absolute atomic E-state index is 0.0468. The topological polar surface area (TPSA) is 167 Å². The van der Waals surface area contributed by atoms with Crippen LogP contribution in [-0.4, -0.2) is 79.3 Å². The van der Waals surface area contributed by atoms with Crippen LogP contribution in [0.25, 0.3) is 0 Å². The van der Waals surface area contributed by atoms with E-state index in [1.54, 1.807) is 0 Å². The number of thioether (sulfide) groups is 2. The van der Waals surface area contributed by atoms with E-state index >= 15 is 0 Å². The van der Waals surface area contributed by atoms with Gasteiger partial charge in [0.2, 0.25) is 0 Å². The molecule has 30 heavy (non-hydrogen) atoms. The Morgan fingerprint density at radius 3 is 2.87 bits per heavy atom. The molecule has 3 aliphatic heterocycles. The van der Waals surface area contributed by atoms with Gasteiger partial charge in [0.1, 0.15) is 22.8 Å². The number of thiazole rings is 1. The number of nitrogens with one attached hydrogen (secondary N) is 1. The quantitative estimate of drug-likeness (QED) is 0.194. The van der Waals surface area contributed by atoms with Crippen molar-refractivity contribution in [3.63, 3.8) is 0 Å². The van der Waals surface area contributed by atoms with Crippen molar-refractivity contribution in [3.05, 3.63) is 21.7 Å². The number of nitrogens with zero attached hydrogens (tertiary/aromatic N) is 3. The smallest absolute Gasteiger partial charge is 0.353 e. The zero-order valence-electron chi connectivity index (χ0n) is 15.3. The first-order valence-corrected chi connectivity index (χ1v) is 11.6. The molecule has 4 rings (SSSR count). The summed E-state index contributed by atoms with van der Waals surface area (Å²) in [7, 11) is 0. The van der Waals surface area contributed by atoms with Crippen LogP contribution >= 0.6 is 34.9 Å². The van der Waals surface area contributed by atoms with Gasteiger partial charge in [-0.05, 0) is 6.42 Å². The van der Waals surface area contributed by atoms with Crippen molar-refractivity contribution >= 4 is 63.5 Å². The first-order valence-electron chi connectivity index (χ1n) is 8.80. The van der Waals surface area contributed by atoms with Crippen LogP contribution < -0.4 is 11.1 Å². The van der Waals surface area contributed by atoms with Gasteiger partial charge in [0.25, 0.3) is 11.8 Å². The fourth-order valence-electron chi connectivity index (χ4n) is 3.31. The van der Waals surface area contributed by atoms with E-state index < -0.39 is 29.2 Å². The van der Waals surface area contributed by atoms with Gasteiger partial charge >= 0.3 is 5.97 Å². The number of carbonyl (C=O) groups is 3. The number of aromatic nitrogens is 1. The third-order valence-corrected chi connectivity index (χ3v) is 8.16. The van der Waals surface area contributed by atoms with Gasteiger partial charge in [-0.15, -0.1) is 34.9 Å². The van der Waals surface area contributed by atoms with E-state index in [-0.39, 0.29) is 27.5 Å². The predicted octanol–water partition coefficient (Wildman–Crippen LogP) is 0.122. The molecule has 2 amide bonds. The predicted molar refractivity (Wildman–Crippen MR) is 111 cm³/mol. The summed E-state index contributed by atoms with van der Waals surface area (Å²) in [4.78, 5) is 42.8. The molecular weight excluding hydrogens is 454 g/mol. The Kier molecular flexibility index (Phi) is 5.90. The highest BCUT2D eigenvalue weighted by molar-refractivity contribution is 8.06. The van der Waals surface area contributed by atoms with Crippen LogP contribution in [0.2, 0.25) is 0 Å². The maximum Gasteiger partial charge on any atom is 0.353 e. The number of carboxylic acids is 1. The standard InChI is InChI=1S/C16H17N5O6S3/c17-16-18-7(4-29-16)9(20-26)12(22)19-10-13(23)21-11(15(24)25)8(5-28-14(10)21)30-6-1-2-27-3-6/h4,6,10,14,26H,1-3,5H2,(H2,17,18)(H,19,22)(H,24,25)/b20-9-/t6?,10?,14-/m1/s1. The number of nitrogens with two attached hydrogens (primary N) is 1. The van der Waals surface area contributed by atoms with Gasteiger partial charge in [-0.1, -0.05) is 5.16 Å². The lowest BCUT2D eigenvalue weighted by molar-refractivity contribution is -0.150. The molecule has 1 aromatic heterocycles. The van der Waals surface area contributed by atoms with Crippen molar-refractivity contribution in [2.75, 3.05) is 24.7 Å². The van der Waals surface area contributed by atoms with E-state index in [0.717, 1.165) is 17.8 Å². The number of carbonyl (C=O) groups excluding carboxylic acids is 2. The van der Waals surface area contributed by atoms with Crippen molar-refractivity contribution in [1.29, 1.82) is 0 Å². The average molecular weight is 472 g/mol. The largest absolute Gasteiger partial charge is 0.477 e. The normalized spacial score (nSPS) is 26.4. The molecule has 11 nitrogen and oxygen atoms in total. The van der Waals surface area contributed by atoms with Gasteiger partial charge in [-0.2, -0.15) is 0 Å². The van der Waals surface area contributed by atoms with Crippen LogP contribution in [0, 0.1) is 0 Å². The number of β-lactam (4-membered cyclic amide) rings is 1. The van der Waals surface area contributed by atoms with Gasteiger partial charge in [0, 0.05) is 27.9 Å². The maximum absolute atomic E-state index is 12.7. The highest BCUT2D eigenvalue weighted by Gasteiger charge is 2.54. The second-order valence-corrected chi connectivity index (χ2v) is 9.95. The Labute approximate surface area is 182 Å². The second kappa shape index (κ2) is 8.45. The molecule has 0 saturated carbocycles. The highest BCUT2D eigenvalue weighted by Crippen LogP contribution is 2.45. The second-order valence-electron chi connectivity index (χ2n) is 6.56. The number of hydrogen-bond acceptors (Lipinski definition) is 11. The molecule has 160 valence electrons. The Balaban J connectivity index is 1.49. The lowest BCUT2D eigenvalue weighted by Crippen LogP contribution is -2.71. The number of anilines is 1. The van der Waals surface area contributed by atoms with E-state index in [9.17, 15) is 24.7 Å². The Bertz CT molecular complexity index is 957. The van der Waals surface area contributed by atoms with Crippen LogP contribution in [0.4, 0.5) is 5.13 Å². The van der Waals surface area contributed by atoms with E-state index in [0.29, 0.717) is 23.9 Å². The van der Waals surface area contributed by atoms with Crippen molar-refractivity contribution in [2.45, 2.75) is 23.1 Å². The Hall–Kier alpha value is -2.29. The van der Waals surface area contributed by atoms with Gasteiger partial charge in [0.05, 0.1) is 6.61 Å². The van der Waals surface area contributed by atoms with Crippen LogP contribution in [0.3, 0.4) is 0 Å². The van der Waals surface area contributed by atoms with Crippen molar-refractivity contribution in [3.8, 4) is 0 Å². The van der Waals surface area contributed by atoms with Gasteiger partial charge in [-0.3, -0.25) is 14.5 Å². The van der Waals surface area contributed by atoms with E-state index in [4.69, 9.17) is 10.5 Å². The summed E-state index contributed by atoms with van der Waals surface area (Å²) < 4.78 is 5.34. The van der Waals surface area contributed by atoms with Crippen LogP contribution in [0.1, 0.15) is 12.1 Å². The lowest BCUT2D eigenvalue weighted by Gasteiger charge is -2.49. The summed E-state index contributed by atoms with van der Waals surface area (Å²) in [5.41, 5.74) is 5.20. The molecule has 5 N–H and O–H groups in total. The SMILES string of the molecule is Nc1nc(/C(=N/O)C(=O)NC2C(=O)N3C(C(=O)O)=C(SC4CCOC4)CS[C@H]23)cs1. The summed E-state index contributed by atoms with van der Waals surface area (Å²) in [5, 5.41) is 25.6. The van der Waals surface area contributed by atoms with E-state index in [2.05, 4.69) is 15.5 Å². The van der Waals surface area contributed by atoms with Gasteiger partial charge < -0.3 is 26.1 Å². The molecule has 0 bridgehead atoms. The molecule has 2 unspecified atom stereocenters. The minimum Gasteiger partial charge on any atom is -0.477 e. The molecule has 0 spiro atoms. The summed E-state index contributed by atoms with van der Waals surface area (Å²) in [6, 6.07) is -0.939. The third-order valence-electron chi connectivity index (χ3n) is 4.70. The number of aliphatic carboxylic acids is 1. The van der Waals surface area contributed by atoms with E-state index in [1.165, 1.54) is 33.8 Å². The number of carboxylic acid groups (broad SMARTS) is 1. The number of oxime groups is 1. The molecule has 14 heteroatoms. The first-order chi connectivity index (χ1) is 14.4. The number of nitrogen functional groups attached to an aromatic ring is 1. The number of hydrogen-bond donors (Lipinski definition) is 4. The van der Waals surface area contributed by atoms with Gasteiger partial charge in [-0.25, -0.2) is 9.78 Å². The summed E-state index contributed by atoms with van der Waals surface area (Å²) in [5.74, 6) is -2.11. The molecule has 0 aliphatic carbocycles. The fraction of sp³-hybridized carbons (Fsp3) is 0.438. The van der Waals surface area contributed by atoms with Crippen molar-refractivity contribution in [2.24, 2.45) is 5.16 Å². The summed E-state index contributed by atoms with van der Waals surface area (Å²) >= 11 is 3.87. The number of amides is 2. The highest BCUT2D eigenvalue weighted by atomic mass is 32.2. The average Bonchev–Trinajstić information content (AvgIpc) is 3.38. The Morgan fingerprint density at radius 2 is 2.27 bits per heavy atom. The Morgan fingerprint density at radius 1 is 1.47 bits per heavy atom. The minimum atomic E-state index is -1.18. The van der Waals surface area contributed by atoms with Crippen LogP contribution in [0.15, 0.2) is 21.1 Å². The number of rotatable bonds is 6. The van der Waals surface area contributed by atoms with Crippen LogP contribution in [-0.2, 0) is 19.1 Å². The number of ether oxygens (including phenoxy) is 1. The molecule has 2 saturated heterocycles. The monoisotopic (exact) mass is 471 g/mol.